The fourth-order valence-corrected chi connectivity index (χ4v) is 2.45. The van der Waals surface area contributed by atoms with Gasteiger partial charge in [-0.3, -0.25) is 4.79 Å². The highest BCUT2D eigenvalue weighted by Crippen LogP contribution is 2.25. The third-order valence-corrected chi connectivity index (χ3v) is 3.60. The van der Waals surface area contributed by atoms with Gasteiger partial charge in [0.1, 0.15) is 6.54 Å². The van der Waals surface area contributed by atoms with Crippen LogP contribution in [0.4, 0.5) is 13.2 Å². The molecular weight excluding hydrogens is 259 g/mol. The van der Waals surface area contributed by atoms with E-state index in [1.54, 1.807) is 0 Å². The van der Waals surface area contributed by atoms with Gasteiger partial charge < -0.3 is 9.64 Å². The van der Waals surface area contributed by atoms with Gasteiger partial charge in [0.25, 0.3) is 0 Å². The van der Waals surface area contributed by atoms with Crippen molar-refractivity contribution >= 4 is 5.91 Å². The summed E-state index contributed by atoms with van der Waals surface area (Å²) >= 11 is 0. The monoisotopic (exact) mass is 281 g/mol. The molecule has 0 aromatic rings. The summed E-state index contributed by atoms with van der Waals surface area (Å²) in [5.41, 5.74) is 0. The minimum Gasteiger partial charge on any atom is -0.381 e. The van der Waals surface area contributed by atoms with E-state index in [-0.39, 0.29) is 17.9 Å². The SMILES string of the molecule is CCC(CC)C(=O)N(CC(F)(F)F)C1CCOCC1. The number of ether oxygens (including phenoxy) is 1. The standard InChI is InChI=1S/C13H22F3NO2/c1-3-10(4-2)12(18)17(9-13(14,15)16)11-5-7-19-8-6-11/h10-11H,3-9H2,1-2H3. The van der Waals surface area contributed by atoms with Crippen molar-refractivity contribution in [1.29, 1.82) is 0 Å². The van der Waals surface area contributed by atoms with Gasteiger partial charge in [-0.25, -0.2) is 0 Å². The van der Waals surface area contributed by atoms with Gasteiger partial charge in [-0.05, 0) is 25.7 Å². The summed E-state index contributed by atoms with van der Waals surface area (Å²) in [6.45, 7) is 3.38. The molecule has 1 saturated heterocycles. The summed E-state index contributed by atoms with van der Waals surface area (Å²) in [5.74, 6) is -0.681. The second-order valence-corrected chi connectivity index (χ2v) is 4.94. The molecule has 1 aliphatic heterocycles. The van der Waals surface area contributed by atoms with E-state index in [9.17, 15) is 18.0 Å². The van der Waals surface area contributed by atoms with E-state index in [0.29, 0.717) is 38.9 Å². The van der Waals surface area contributed by atoms with Gasteiger partial charge in [-0.2, -0.15) is 13.2 Å². The predicted molar refractivity (Wildman–Crippen MR) is 65.7 cm³/mol. The Morgan fingerprint density at radius 3 is 2.21 bits per heavy atom. The minimum absolute atomic E-state index is 0.315. The van der Waals surface area contributed by atoms with Crippen LogP contribution in [0.3, 0.4) is 0 Å². The fraction of sp³-hybridized carbons (Fsp3) is 0.923. The van der Waals surface area contributed by atoms with Gasteiger partial charge >= 0.3 is 6.18 Å². The van der Waals surface area contributed by atoms with Crippen LogP contribution in [0.2, 0.25) is 0 Å². The molecule has 6 heteroatoms. The molecule has 0 bridgehead atoms. The second kappa shape index (κ2) is 7.12. The van der Waals surface area contributed by atoms with Crippen LogP contribution in [0, 0.1) is 5.92 Å². The number of rotatable bonds is 5. The maximum absolute atomic E-state index is 12.7. The fourth-order valence-electron chi connectivity index (χ4n) is 2.45. The molecule has 1 fully saturated rings. The van der Waals surface area contributed by atoms with Crippen molar-refractivity contribution < 1.29 is 22.7 Å². The van der Waals surface area contributed by atoms with E-state index >= 15 is 0 Å². The molecule has 0 radical (unpaired) electrons. The Balaban J connectivity index is 2.81. The van der Waals surface area contributed by atoms with Crippen molar-refractivity contribution in [2.45, 2.75) is 51.7 Å². The number of amides is 1. The van der Waals surface area contributed by atoms with E-state index in [1.807, 2.05) is 13.8 Å². The third-order valence-electron chi connectivity index (χ3n) is 3.60. The number of hydrogen-bond donors (Lipinski definition) is 0. The molecule has 1 rings (SSSR count). The zero-order valence-corrected chi connectivity index (χ0v) is 11.5. The Kier molecular flexibility index (Phi) is 6.10. The van der Waals surface area contributed by atoms with Gasteiger partial charge in [-0.15, -0.1) is 0 Å². The molecule has 1 heterocycles. The summed E-state index contributed by atoms with van der Waals surface area (Å²) < 4.78 is 43.2. The molecule has 19 heavy (non-hydrogen) atoms. The van der Waals surface area contributed by atoms with Crippen molar-refractivity contribution in [3.05, 3.63) is 0 Å². The highest BCUT2D eigenvalue weighted by Gasteiger charge is 2.38. The molecule has 0 atom stereocenters. The van der Waals surface area contributed by atoms with Crippen LogP contribution in [0.1, 0.15) is 39.5 Å². The van der Waals surface area contributed by atoms with Crippen molar-refractivity contribution in [3.8, 4) is 0 Å². The number of carbonyl (C=O) groups excluding carboxylic acids is 1. The molecule has 0 saturated carbocycles. The Morgan fingerprint density at radius 2 is 1.79 bits per heavy atom. The van der Waals surface area contributed by atoms with Crippen molar-refractivity contribution in [1.82, 2.24) is 4.90 Å². The lowest BCUT2D eigenvalue weighted by Gasteiger charge is -2.36. The molecule has 0 aromatic carbocycles. The van der Waals surface area contributed by atoms with E-state index in [1.165, 1.54) is 0 Å². The molecule has 112 valence electrons. The molecule has 0 unspecified atom stereocenters. The first-order valence-electron chi connectivity index (χ1n) is 6.84. The summed E-state index contributed by atoms with van der Waals surface area (Å²) in [6.07, 6.45) is -2.22. The Hall–Kier alpha value is -0.780. The van der Waals surface area contributed by atoms with E-state index in [2.05, 4.69) is 0 Å². The quantitative estimate of drug-likeness (QED) is 0.775. The zero-order chi connectivity index (χ0) is 14.5. The summed E-state index contributed by atoms with van der Waals surface area (Å²) in [6, 6.07) is -0.344. The van der Waals surface area contributed by atoms with Gasteiger partial charge in [0.05, 0.1) is 0 Å². The van der Waals surface area contributed by atoms with Crippen LogP contribution in [-0.4, -0.2) is 42.8 Å². The molecular formula is C13H22F3NO2. The summed E-state index contributed by atoms with van der Waals surface area (Å²) in [5, 5.41) is 0. The Morgan fingerprint density at radius 1 is 1.26 bits per heavy atom. The van der Waals surface area contributed by atoms with Crippen LogP contribution in [0.5, 0.6) is 0 Å². The molecule has 0 aliphatic carbocycles. The topological polar surface area (TPSA) is 29.5 Å². The number of carbonyl (C=O) groups is 1. The predicted octanol–water partition coefficient (Wildman–Crippen LogP) is 2.99. The lowest BCUT2D eigenvalue weighted by molar-refractivity contribution is -0.171. The lowest BCUT2D eigenvalue weighted by atomic mass is 9.98. The zero-order valence-electron chi connectivity index (χ0n) is 11.5. The van der Waals surface area contributed by atoms with Crippen LogP contribution >= 0.6 is 0 Å². The molecule has 1 aliphatic rings. The molecule has 0 spiro atoms. The van der Waals surface area contributed by atoms with Crippen molar-refractivity contribution in [2.24, 2.45) is 5.92 Å². The number of halogens is 3. The van der Waals surface area contributed by atoms with E-state index in [4.69, 9.17) is 4.74 Å². The number of nitrogens with zero attached hydrogens (tertiary/aromatic N) is 1. The van der Waals surface area contributed by atoms with Gasteiger partial charge in [0.2, 0.25) is 5.91 Å². The minimum atomic E-state index is -4.35. The lowest BCUT2D eigenvalue weighted by Crippen LogP contribution is -2.49. The average molecular weight is 281 g/mol. The number of hydrogen-bond acceptors (Lipinski definition) is 2. The average Bonchev–Trinajstić information content (AvgIpc) is 2.37. The maximum Gasteiger partial charge on any atom is 0.406 e. The van der Waals surface area contributed by atoms with Gasteiger partial charge in [0.15, 0.2) is 0 Å². The first-order chi connectivity index (χ1) is 8.89. The van der Waals surface area contributed by atoms with Crippen LogP contribution in [0.25, 0.3) is 0 Å². The van der Waals surface area contributed by atoms with Crippen LogP contribution < -0.4 is 0 Å². The third kappa shape index (κ3) is 5.01. The van der Waals surface area contributed by atoms with Gasteiger partial charge in [-0.1, -0.05) is 13.8 Å². The van der Waals surface area contributed by atoms with Crippen LogP contribution in [-0.2, 0) is 9.53 Å². The largest absolute Gasteiger partial charge is 0.406 e. The highest BCUT2D eigenvalue weighted by molar-refractivity contribution is 5.79. The first kappa shape index (κ1) is 16.3. The maximum atomic E-state index is 12.7. The summed E-state index contributed by atoms with van der Waals surface area (Å²) in [7, 11) is 0. The van der Waals surface area contributed by atoms with Crippen molar-refractivity contribution in [3.63, 3.8) is 0 Å². The van der Waals surface area contributed by atoms with Crippen molar-refractivity contribution in [2.75, 3.05) is 19.8 Å². The normalized spacial score (nSPS) is 17.8. The molecule has 0 aromatic heterocycles. The van der Waals surface area contributed by atoms with E-state index < -0.39 is 12.7 Å². The Bertz CT molecular complexity index is 284. The Labute approximate surface area is 112 Å². The molecule has 0 N–H and O–H groups in total. The summed E-state index contributed by atoms with van der Waals surface area (Å²) in [4.78, 5) is 13.3. The smallest absolute Gasteiger partial charge is 0.381 e. The highest BCUT2D eigenvalue weighted by atomic mass is 19.4. The molecule has 1 amide bonds. The number of alkyl halides is 3. The second-order valence-electron chi connectivity index (χ2n) is 4.94. The van der Waals surface area contributed by atoms with Gasteiger partial charge in [0, 0.05) is 25.2 Å². The molecule has 3 nitrogen and oxygen atoms in total. The first-order valence-corrected chi connectivity index (χ1v) is 6.84. The van der Waals surface area contributed by atoms with Crippen LogP contribution in [0.15, 0.2) is 0 Å². The van der Waals surface area contributed by atoms with E-state index in [0.717, 1.165) is 4.90 Å².